The maximum Gasteiger partial charge on any atom is 0.133 e. The van der Waals surface area contributed by atoms with Crippen LogP contribution in [-0.2, 0) is 6.54 Å². The molecule has 0 aliphatic carbocycles. The number of hydrogen-bond donors (Lipinski definition) is 1. The van der Waals surface area contributed by atoms with Crippen LogP contribution in [-0.4, -0.2) is 28.1 Å². The smallest absolute Gasteiger partial charge is 0.133 e. The van der Waals surface area contributed by atoms with Crippen molar-refractivity contribution in [3.8, 4) is 11.4 Å². The number of rotatable bonds is 5. The highest BCUT2D eigenvalue weighted by molar-refractivity contribution is 9.10. The van der Waals surface area contributed by atoms with Crippen LogP contribution in [0, 0.1) is 0 Å². The van der Waals surface area contributed by atoms with E-state index in [4.69, 9.17) is 4.74 Å². The monoisotopic (exact) mass is 324 g/mol. The van der Waals surface area contributed by atoms with E-state index in [9.17, 15) is 0 Å². The van der Waals surface area contributed by atoms with Gasteiger partial charge in [0.1, 0.15) is 5.75 Å². The molecule has 1 aromatic heterocycles. The molecule has 0 radical (unpaired) electrons. The van der Waals surface area contributed by atoms with Crippen molar-refractivity contribution in [1.82, 2.24) is 20.3 Å². The van der Waals surface area contributed by atoms with Crippen molar-refractivity contribution in [1.29, 1.82) is 0 Å². The summed E-state index contributed by atoms with van der Waals surface area (Å²) in [5.41, 5.74) is 1.97. The van der Waals surface area contributed by atoms with Crippen LogP contribution in [0.3, 0.4) is 0 Å². The molecule has 0 unspecified atom stereocenters. The van der Waals surface area contributed by atoms with Crippen LogP contribution < -0.4 is 10.1 Å². The lowest BCUT2D eigenvalue weighted by atomic mass is 10.3. The van der Waals surface area contributed by atoms with Crippen LogP contribution in [0.5, 0.6) is 5.75 Å². The third-order valence-corrected chi connectivity index (χ3v) is 3.31. The Bertz CT molecular complexity index is 553. The van der Waals surface area contributed by atoms with Crippen molar-refractivity contribution in [2.24, 2.45) is 0 Å². The Kier molecular flexibility index (Phi) is 4.55. The van der Waals surface area contributed by atoms with Gasteiger partial charge in [-0.2, -0.15) is 0 Å². The average Bonchev–Trinajstić information content (AvgIpc) is 2.84. The Morgan fingerprint density at radius 3 is 2.84 bits per heavy atom. The molecule has 1 heterocycles. The normalized spacial score (nSPS) is 11.0. The number of methoxy groups -OCH3 is 1. The molecule has 0 saturated carbocycles. The van der Waals surface area contributed by atoms with E-state index in [2.05, 4.69) is 45.4 Å². The number of hydrogen-bond acceptors (Lipinski definition) is 4. The molecule has 1 aromatic carbocycles. The molecule has 0 aliphatic heterocycles. The zero-order valence-corrected chi connectivity index (χ0v) is 12.8. The van der Waals surface area contributed by atoms with Gasteiger partial charge in [-0.15, -0.1) is 5.10 Å². The van der Waals surface area contributed by atoms with E-state index >= 15 is 0 Å². The third-order valence-electron chi connectivity index (χ3n) is 2.69. The van der Waals surface area contributed by atoms with Gasteiger partial charge in [-0.25, -0.2) is 4.68 Å². The first-order valence-corrected chi connectivity index (χ1v) is 6.88. The molecular formula is C13H17BrN4O. The predicted octanol–water partition coefficient (Wildman–Crippen LogP) is 2.54. The Labute approximate surface area is 121 Å². The van der Waals surface area contributed by atoms with Crippen molar-refractivity contribution >= 4 is 15.9 Å². The van der Waals surface area contributed by atoms with E-state index in [-0.39, 0.29) is 0 Å². The predicted molar refractivity (Wildman–Crippen MR) is 77.6 cm³/mol. The molecule has 0 atom stereocenters. The van der Waals surface area contributed by atoms with Crippen LogP contribution in [0.15, 0.2) is 28.9 Å². The standard InChI is InChI=1S/C13H17BrN4O/c1-9(2)15-7-11-8-16-17-18(11)10-4-5-13(19-3)12(14)6-10/h4-6,8-9,15H,7H2,1-3H3. The highest BCUT2D eigenvalue weighted by Crippen LogP contribution is 2.27. The maximum absolute atomic E-state index is 5.22. The van der Waals surface area contributed by atoms with Gasteiger partial charge in [0.25, 0.3) is 0 Å². The fourth-order valence-electron chi connectivity index (χ4n) is 1.69. The molecule has 1 N–H and O–H groups in total. The summed E-state index contributed by atoms with van der Waals surface area (Å²) in [6.07, 6.45) is 1.77. The zero-order chi connectivity index (χ0) is 13.8. The van der Waals surface area contributed by atoms with Gasteiger partial charge >= 0.3 is 0 Å². The first-order chi connectivity index (χ1) is 9.11. The Morgan fingerprint density at radius 1 is 1.42 bits per heavy atom. The number of nitrogens with one attached hydrogen (secondary N) is 1. The highest BCUT2D eigenvalue weighted by Gasteiger charge is 2.09. The lowest BCUT2D eigenvalue weighted by molar-refractivity contribution is 0.412. The minimum Gasteiger partial charge on any atom is -0.496 e. The largest absolute Gasteiger partial charge is 0.496 e. The third kappa shape index (κ3) is 3.33. The molecule has 0 fully saturated rings. The van der Waals surface area contributed by atoms with E-state index in [1.165, 1.54) is 0 Å². The summed E-state index contributed by atoms with van der Waals surface area (Å²) in [5.74, 6) is 0.797. The minimum absolute atomic E-state index is 0.422. The molecule has 0 amide bonds. The fraction of sp³-hybridized carbons (Fsp3) is 0.385. The van der Waals surface area contributed by atoms with Crippen molar-refractivity contribution in [2.75, 3.05) is 7.11 Å². The van der Waals surface area contributed by atoms with Gasteiger partial charge in [0.05, 0.1) is 29.2 Å². The van der Waals surface area contributed by atoms with Gasteiger partial charge in [0.15, 0.2) is 0 Å². The van der Waals surface area contributed by atoms with E-state index in [0.717, 1.165) is 28.1 Å². The fourth-order valence-corrected chi connectivity index (χ4v) is 2.22. The van der Waals surface area contributed by atoms with Gasteiger partial charge in [0, 0.05) is 12.6 Å². The van der Waals surface area contributed by atoms with Gasteiger partial charge in [-0.05, 0) is 34.1 Å². The van der Waals surface area contributed by atoms with Gasteiger partial charge in [-0.3, -0.25) is 0 Å². The van der Waals surface area contributed by atoms with E-state index in [0.29, 0.717) is 6.04 Å². The summed E-state index contributed by atoms with van der Waals surface area (Å²) in [6.45, 7) is 4.95. The van der Waals surface area contributed by atoms with Crippen molar-refractivity contribution in [3.63, 3.8) is 0 Å². The second-order valence-electron chi connectivity index (χ2n) is 4.49. The SMILES string of the molecule is COc1ccc(-n2nncc2CNC(C)C)cc1Br. The van der Waals surface area contributed by atoms with Gasteiger partial charge < -0.3 is 10.1 Å². The summed E-state index contributed by atoms with van der Waals surface area (Å²) < 4.78 is 7.94. The van der Waals surface area contributed by atoms with Crippen LogP contribution in [0.25, 0.3) is 5.69 Å². The molecule has 2 aromatic rings. The molecule has 0 spiro atoms. The number of halogens is 1. The van der Waals surface area contributed by atoms with Crippen LogP contribution >= 0.6 is 15.9 Å². The lowest BCUT2D eigenvalue weighted by Crippen LogP contribution is -2.23. The van der Waals surface area contributed by atoms with Crippen molar-refractivity contribution in [2.45, 2.75) is 26.4 Å². The molecule has 19 heavy (non-hydrogen) atoms. The summed E-state index contributed by atoms with van der Waals surface area (Å²) >= 11 is 3.48. The van der Waals surface area contributed by atoms with Crippen molar-refractivity contribution < 1.29 is 4.74 Å². The topological polar surface area (TPSA) is 52.0 Å². The molecule has 0 bridgehead atoms. The van der Waals surface area contributed by atoms with Crippen LogP contribution in [0.4, 0.5) is 0 Å². The van der Waals surface area contributed by atoms with Crippen molar-refractivity contribution in [3.05, 3.63) is 34.6 Å². The molecule has 6 heteroatoms. The molecule has 0 saturated heterocycles. The average molecular weight is 325 g/mol. The second-order valence-corrected chi connectivity index (χ2v) is 5.35. The zero-order valence-electron chi connectivity index (χ0n) is 11.2. The number of ether oxygens (including phenoxy) is 1. The second kappa shape index (κ2) is 6.16. The maximum atomic E-state index is 5.22. The quantitative estimate of drug-likeness (QED) is 0.918. The Balaban J connectivity index is 2.27. The van der Waals surface area contributed by atoms with Crippen LogP contribution in [0.2, 0.25) is 0 Å². The van der Waals surface area contributed by atoms with Gasteiger partial charge in [-0.1, -0.05) is 19.1 Å². The first-order valence-electron chi connectivity index (χ1n) is 6.08. The Morgan fingerprint density at radius 2 is 2.21 bits per heavy atom. The molecule has 2 rings (SSSR count). The summed E-state index contributed by atoms with van der Waals surface area (Å²) in [7, 11) is 1.65. The molecule has 5 nitrogen and oxygen atoms in total. The van der Waals surface area contributed by atoms with E-state index in [1.807, 2.05) is 22.9 Å². The highest BCUT2D eigenvalue weighted by atomic mass is 79.9. The van der Waals surface area contributed by atoms with E-state index < -0.39 is 0 Å². The number of aromatic nitrogens is 3. The van der Waals surface area contributed by atoms with Gasteiger partial charge in [0.2, 0.25) is 0 Å². The number of benzene rings is 1. The lowest BCUT2D eigenvalue weighted by Gasteiger charge is -2.11. The summed E-state index contributed by atoms with van der Waals surface area (Å²) in [4.78, 5) is 0. The van der Waals surface area contributed by atoms with E-state index in [1.54, 1.807) is 13.3 Å². The summed E-state index contributed by atoms with van der Waals surface area (Å²) in [6, 6.07) is 6.25. The Hall–Kier alpha value is -1.40. The molecule has 102 valence electrons. The first kappa shape index (κ1) is 14.0. The number of nitrogens with zero attached hydrogens (tertiary/aromatic N) is 3. The minimum atomic E-state index is 0.422. The molecule has 0 aliphatic rings. The molecular weight excluding hydrogens is 308 g/mol. The summed E-state index contributed by atoms with van der Waals surface area (Å²) in [5, 5.41) is 11.5. The van der Waals surface area contributed by atoms with Crippen LogP contribution in [0.1, 0.15) is 19.5 Å².